The molecule has 9 heavy (non-hydrogen) atoms. The Morgan fingerprint density at radius 1 is 1.44 bits per heavy atom. The van der Waals surface area contributed by atoms with Crippen molar-refractivity contribution in [3.63, 3.8) is 0 Å². The molecule has 2 aliphatic heterocycles. The molecule has 0 bridgehead atoms. The van der Waals surface area contributed by atoms with Crippen molar-refractivity contribution in [2.24, 2.45) is 4.99 Å². The summed E-state index contributed by atoms with van der Waals surface area (Å²) in [5.41, 5.74) is 1.46. The van der Waals surface area contributed by atoms with Gasteiger partial charge in [-0.1, -0.05) is 0 Å². The molecule has 0 amide bonds. The standard InChI is InChI=1S/C7H9NO/c1-3-8-5-7-6(1)2-4-9-7/h5H,1-4H2. The van der Waals surface area contributed by atoms with E-state index >= 15 is 0 Å². The van der Waals surface area contributed by atoms with Crippen LogP contribution in [0.5, 0.6) is 0 Å². The molecular weight excluding hydrogens is 114 g/mol. The highest BCUT2D eigenvalue weighted by Crippen LogP contribution is 2.22. The highest BCUT2D eigenvalue weighted by Gasteiger charge is 2.15. The molecular formula is C7H9NO. The Kier molecular flexibility index (Phi) is 1.04. The summed E-state index contributed by atoms with van der Waals surface area (Å²) >= 11 is 0. The lowest BCUT2D eigenvalue weighted by atomic mass is 10.1. The van der Waals surface area contributed by atoms with Crippen molar-refractivity contribution in [1.82, 2.24) is 0 Å². The quantitative estimate of drug-likeness (QED) is 0.473. The first kappa shape index (κ1) is 5.03. The maximum Gasteiger partial charge on any atom is 0.136 e. The third-order valence-electron chi connectivity index (χ3n) is 1.76. The van der Waals surface area contributed by atoms with Gasteiger partial charge < -0.3 is 4.74 Å². The van der Waals surface area contributed by atoms with Crippen LogP contribution in [0, 0.1) is 0 Å². The van der Waals surface area contributed by atoms with Gasteiger partial charge in [0.2, 0.25) is 0 Å². The molecule has 2 heteroatoms. The lowest BCUT2D eigenvalue weighted by Crippen LogP contribution is -1.96. The van der Waals surface area contributed by atoms with Crippen molar-refractivity contribution in [2.75, 3.05) is 13.2 Å². The minimum atomic E-state index is 0.872. The second-order valence-corrected chi connectivity index (χ2v) is 2.35. The zero-order chi connectivity index (χ0) is 6.10. The summed E-state index contributed by atoms with van der Waals surface area (Å²) < 4.78 is 5.29. The molecule has 0 aliphatic carbocycles. The number of aliphatic imine (C=N–C) groups is 1. The lowest BCUT2D eigenvalue weighted by Gasteiger charge is -2.03. The van der Waals surface area contributed by atoms with Gasteiger partial charge in [0.15, 0.2) is 0 Å². The van der Waals surface area contributed by atoms with E-state index in [9.17, 15) is 0 Å². The third-order valence-corrected chi connectivity index (χ3v) is 1.76. The van der Waals surface area contributed by atoms with E-state index in [1.165, 1.54) is 5.57 Å². The molecule has 0 radical (unpaired) electrons. The predicted octanol–water partition coefficient (Wildman–Crippen LogP) is 1.14. The first-order valence-corrected chi connectivity index (χ1v) is 3.31. The highest BCUT2D eigenvalue weighted by molar-refractivity contribution is 5.78. The van der Waals surface area contributed by atoms with Crippen LogP contribution in [0.4, 0.5) is 0 Å². The van der Waals surface area contributed by atoms with Crippen molar-refractivity contribution in [3.05, 3.63) is 11.3 Å². The van der Waals surface area contributed by atoms with Crippen molar-refractivity contribution in [3.8, 4) is 0 Å². The van der Waals surface area contributed by atoms with E-state index in [1.54, 1.807) is 0 Å². The summed E-state index contributed by atoms with van der Waals surface area (Å²) in [5, 5.41) is 0. The van der Waals surface area contributed by atoms with E-state index < -0.39 is 0 Å². The zero-order valence-corrected chi connectivity index (χ0v) is 5.26. The summed E-state index contributed by atoms with van der Waals surface area (Å²) in [6, 6.07) is 0. The predicted molar refractivity (Wildman–Crippen MR) is 35.6 cm³/mol. The second kappa shape index (κ2) is 1.87. The Morgan fingerprint density at radius 2 is 2.44 bits per heavy atom. The molecule has 0 aromatic carbocycles. The SMILES string of the molecule is C1=NCCC2=C1OCC2. The van der Waals surface area contributed by atoms with Gasteiger partial charge in [0.1, 0.15) is 5.76 Å². The van der Waals surface area contributed by atoms with Crippen LogP contribution in [0.3, 0.4) is 0 Å². The molecule has 0 atom stereocenters. The van der Waals surface area contributed by atoms with Crippen LogP contribution in [-0.2, 0) is 4.74 Å². The van der Waals surface area contributed by atoms with Gasteiger partial charge in [-0.15, -0.1) is 0 Å². The molecule has 0 fully saturated rings. The molecule has 2 rings (SSSR count). The second-order valence-electron chi connectivity index (χ2n) is 2.35. The van der Waals surface area contributed by atoms with Gasteiger partial charge in [0.05, 0.1) is 12.8 Å². The molecule has 2 aliphatic rings. The maximum absolute atomic E-state index is 5.29. The molecule has 0 unspecified atom stereocenters. The fourth-order valence-corrected chi connectivity index (χ4v) is 1.23. The zero-order valence-electron chi connectivity index (χ0n) is 5.26. The minimum Gasteiger partial charge on any atom is -0.492 e. The molecule has 0 aromatic rings. The van der Waals surface area contributed by atoms with Crippen LogP contribution in [0.1, 0.15) is 12.8 Å². The van der Waals surface area contributed by atoms with Gasteiger partial charge in [-0.05, 0) is 12.0 Å². The lowest BCUT2D eigenvalue weighted by molar-refractivity contribution is 0.265. The molecule has 0 spiro atoms. The van der Waals surface area contributed by atoms with Gasteiger partial charge in [-0.2, -0.15) is 0 Å². The summed E-state index contributed by atoms with van der Waals surface area (Å²) in [7, 11) is 0. The Labute approximate surface area is 54.2 Å². The van der Waals surface area contributed by atoms with Crippen LogP contribution in [-0.4, -0.2) is 19.4 Å². The number of allylic oxidation sites excluding steroid dienone is 1. The molecule has 2 heterocycles. The monoisotopic (exact) mass is 123 g/mol. The van der Waals surface area contributed by atoms with Crippen LogP contribution >= 0.6 is 0 Å². The average Bonchev–Trinajstić information content (AvgIpc) is 2.33. The highest BCUT2D eigenvalue weighted by atomic mass is 16.5. The number of dihydropyridines is 1. The number of hydrogen-bond acceptors (Lipinski definition) is 2. The van der Waals surface area contributed by atoms with E-state index in [0.29, 0.717) is 0 Å². The van der Waals surface area contributed by atoms with Crippen molar-refractivity contribution >= 4 is 6.21 Å². The largest absolute Gasteiger partial charge is 0.492 e. The Bertz CT molecular complexity index is 181. The van der Waals surface area contributed by atoms with Crippen LogP contribution in [0.15, 0.2) is 16.3 Å². The average molecular weight is 123 g/mol. The van der Waals surface area contributed by atoms with Crippen LogP contribution < -0.4 is 0 Å². The van der Waals surface area contributed by atoms with E-state index in [0.717, 1.165) is 31.8 Å². The summed E-state index contributed by atoms with van der Waals surface area (Å²) in [6.07, 6.45) is 4.10. The van der Waals surface area contributed by atoms with Gasteiger partial charge in [0, 0.05) is 13.0 Å². The fraction of sp³-hybridized carbons (Fsp3) is 0.571. The van der Waals surface area contributed by atoms with E-state index in [2.05, 4.69) is 4.99 Å². The van der Waals surface area contributed by atoms with Crippen molar-refractivity contribution in [1.29, 1.82) is 0 Å². The molecule has 0 saturated heterocycles. The number of rotatable bonds is 0. The molecule has 48 valence electrons. The topological polar surface area (TPSA) is 21.6 Å². The number of hydrogen-bond donors (Lipinski definition) is 0. The third kappa shape index (κ3) is 0.745. The van der Waals surface area contributed by atoms with Gasteiger partial charge in [-0.3, -0.25) is 4.99 Å². The molecule has 0 aromatic heterocycles. The van der Waals surface area contributed by atoms with Crippen LogP contribution in [0.25, 0.3) is 0 Å². The van der Waals surface area contributed by atoms with E-state index in [1.807, 2.05) is 6.21 Å². The van der Waals surface area contributed by atoms with E-state index in [-0.39, 0.29) is 0 Å². The smallest absolute Gasteiger partial charge is 0.136 e. The normalized spacial score (nSPS) is 24.0. The summed E-state index contributed by atoms with van der Waals surface area (Å²) in [4.78, 5) is 4.11. The van der Waals surface area contributed by atoms with Crippen LogP contribution in [0.2, 0.25) is 0 Å². The van der Waals surface area contributed by atoms with Gasteiger partial charge in [0.25, 0.3) is 0 Å². The number of ether oxygens (including phenoxy) is 1. The Hall–Kier alpha value is -0.790. The van der Waals surface area contributed by atoms with Gasteiger partial charge >= 0.3 is 0 Å². The summed E-state index contributed by atoms with van der Waals surface area (Å²) in [5.74, 6) is 1.04. The summed E-state index contributed by atoms with van der Waals surface area (Å²) in [6.45, 7) is 1.83. The fourth-order valence-electron chi connectivity index (χ4n) is 1.23. The van der Waals surface area contributed by atoms with Crippen molar-refractivity contribution < 1.29 is 4.74 Å². The minimum absolute atomic E-state index is 0.872. The van der Waals surface area contributed by atoms with E-state index in [4.69, 9.17) is 4.74 Å². The number of nitrogens with zero attached hydrogens (tertiary/aromatic N) is 1. The maximum atomic E-state index is 5.29. The van der Waals surface area contributed by atoms with Gasteiger partial charge in [-0.25, -0.2) is 0 Å². The first-order valence-electron chi connectivity index (χ1n) is 3.31. The Morgan fingerprint density at radius 3 is 3.33 bits per heavy atom. The Balaban J connectivity index is 2.28. The molecule has 0 N–H and O–H groups in total. The first-order chi connectivity index (χ1) is 4.47. The molecule has 0 saturated carbocycles. The van der Waals surface area contributed by atoms with Crippen molar-refractivity contribution in [2.45, 2.75) is 12.8 Å². The molecule has 2 nitrogen and oxygen atoms in total.